The molecular formula is C16H24N2O2. The zero-order valence-corrected chi connectivity index (χ0v) is 12.5. The van der Waals surface area contributed by atoms with Crippen LogP contribution in [-0.2, 0) is 4.79 Å². The Morgan fingerprint density at radius 1 is 1.35 bits per heavy atom. The van der Waals surface area contributed by atoms with Crippen LogP contribution in [0.2, 0.25) is 0 Å². The van der Waals surface area contributed by atoms with E-state index < -0.39 is 0 Å². The van der Waals surface area contributed by atoms with Gasteiger partial charge in [-0.1, -0.05) is 19.1 Å². The molecule has 4 nitrogen and oxygen atoms in total. The lowest BCUT2D eigenvalue weighted by molar-refractivity contribution is -0.126. The highest BCUT2D eigenvalue weighted by Crippen LogP contribution is 2.20. The quantitative estimate of drug-likeness (QED) is 0.885. The molecule has 1 aliphatic heterocycles. The molecule has 1 aromatic carbocycles. The third kappa shape index (κ3) is 3.73. The second kappa shape index (κ2) is 6.75. The zero-order chi connectivity index (χ0) is 14.5. The van der Waals surface area contributed by atoms with Crippen molar-refractivity contribution in [2.75, 3.05) is 20.2 Å². The van der Waals surface area contributed by atoms with E-state index >= 15 is 0 Å². The minimum atomic E-state index is 0.0191. The number of hydrogen-bond acceptors (Lipinski definition) is 3. The fourth-order valence-corrected chi connectivity index (χ4v) is 2.66. The van der Waals surface area contributed by atoms with Crippen molar-refractivity contribution in [1.29, 1.82) is 0 Å². The van der Waals surface area contributed by atoms with Gasteiger partial charge >= 0.3 is 0 Å². The van der Waals surface area contributed by atoms with Gasteiger partial charge in [-0.25, -0.2) is 0 Å². The smallest absolute Gasteiger partial charge is 0.224 e. The van der Waals surface area contributed by atoms with Crippen molar-refractivity contribution in [2.45, 2.75) is 26.3 Å². The predicted molar refractivity (Wildman–Crippen MR) is 79.7 cm³/mol. The first kappa shape index (κ1) is 14.9. The summed E-state index contributed by atoms with van der Waals surface area (Å²) < 4.78 is 5.14. The van der Waals surface area contributed by atoms with Gasteiger partial charge < -0.3 is 15.4 Å². The third-order valence-corrected chi connectivity index (χ3v) is 3.92. The first-order valence-corrected chi connectivity index (χ1v) is 7.25. The zero-order valence-electron chi connectivity index (χ0n) is 12.5. The number of piperidine rings is 1. The molecule has 0 aromatic heterocycles. The molecule has 20 heavy (non-hydrogen) atoms. The van der Waals surface area contributed by atoms with Crippen molar-refractivity contribution in [3.8, 4) is 5.75 Å². The number of ether oxygens (including phenoxy) is 1. The molecule has 110 valence electrons. The van der Waals surface area contributed by atoms with Gasteiger partial charge in [0.25, 0.3) is 0 Å². The average molecular weight is 276 g/mol. The van der Waals surface area contributed by atoms with E-state index in [1.165, 1.54) is 0 Å². The normalized spacial score (nSPS) is 23.9. The standard InChI is InChI=1S/C16H24N2O2/c1-11-8-14(10-17-9-11)16(19)18-12(2)13-4-6-15(20-3)7-5-13/h4-7,11-12,14,17H,8-10H2,1-3H3,(H,18,19). The fourth-order valence-electron chi connectivity index (χ4n) is 2.66. The van der Waals surface area contributed by atoms with Crippen LogP contribution < -0.4 is 15.4 Å². The van der Waals surface area contributed by atoms with Gasteiger partial charge in [0, 0.05) is 6.54 Å². The molecule has 3 unspecified atom stereocenters. The summed E-state index contributed by atoms with van der Waals surface area (Å²) in [7, 11) is 1.65. The Hall–Kier alpha value is -1.55. The second-order valence-electron chi connectivity index (χ2n) is 5.70. The molecule has 1 fully saturated rings. The topological polar surface area (TPSA) is 50.4 Å². The molecule has 0 saturated carbocycles. The van der Waals surface area contributed by atoms with Crippen LogP contribution >= 0.6 is 0 Å². The first-order valence-electron chi connectivity index (χ1n) is 7.25. The molecule has 3 atom stereocenters. The minimum absolute atomic E-state index is 0.0191. The lowest BCUT2D eigenvalue weighted by Gasteiger charge is -2.28. The van der Waals surface area contributed by atoms with Crippen LogP contribution in [-0.4, -0.2) is 26.1 Å². The van der Waals surface area contributed by atoms with E-state index in [-0.39, 0.29) is 17.9 Å². The summed E-state index contributed by atoms with van der Waals surface area (Å²) in [5.41, 5.74) is 1.09. The molecule has 1 amide bonds. The molecule has 0 spiro atoms. The Balaban J connectivity index is 1.92. The molecule has 0 bridgehead atoms. The average Bonchev–Trinajstić information content (AvgIpc) is 2.47. The van der Waals surface area contributed by atoms with Crippen molar-refractivity contribution in [3.05, 3.63) is 29.8 Å². The van der Waals surface area contributed by atoms with Gasteiger partial charge in [-0.3, -0.25) is 4.79 Å². The Morgan fingerprint density at radius 2 is 2.05 bits per heavy atom. The van der Waals surface area contributed by atoms with Crippen LogP contribution in [0.5, 0.6) is 5.75 Å². The lowest BCUT2D eigenvalue weighted by atomic mass is 9.91. The summed E-state index contributed by atoms with van der Waals surface area (Å²) in [4.78, 5) is 12.3. The molecular weight excluding hydrogens is 252 g/mol. The van der Waals surface area contributed by atoms with Gasteiger partial charge in [-0.15, -0.1) is 0 Å². The maximum absolute atomic E-state index is 12.3. The molecule has 1 aliphatic rings. The summed E-state index contributed by atoms with van der Waals surface area (Å²) in [6.07, 6.45) is 0.966. The summed E-state index contributed by atoms with van der Waals surface area (Å²) in [6.45, 7) is 5.99. The molecule has 0 radical (unpaired) electrons. The van der Waals surface area contributed by atoms with E-state index in [9.17, 15) is 4.79 Å². The number of carbonyl (C=O) groups is 1. The number of carbonyl (C=O) groups excluding carboxylic acids is 1. The van der Waals surface area contributed by atoms with Gasteiger partial charge in [0.1, 0.15) is 5.75 Å². The molecule has 0 aliphatic carbocycles. The number of nitrogens with one attached hydrogen (secondary N) is 2. The maximum Gasteiger partial charge on any atom is 0.224 e. The van der Waals surface area contributed by atoms with Crippen molar-refractivity contribution >= 4 is 5.91 Å². The lowest BCUT2D eigenvalue weighted by Crippen LogP contribution is -2.43. The highest BCUT2D eigenvalue weighted by atomic mass is 16.5. The van der Waals surface area contributed by atoms with E-state index in [1.807, 2.05) is 31.2 Å². The monoisotopic (exact) mass is 276 g/mol. The van der Waals surface area contributed by atoms with Gasteiger partial charge in [-0.2, -0.15) is 0 Å². The van der Waals surface area contributed by atoms with E-state index in [1.54, 1.807) is 7.11 Å². The Bertz CT molecular complexity index is 444. The number of rotatable bonds is 4. The van der Waals surface area contributed by atoms with Crippen molar-refractivity contribution in [3.63, 3.8) is 0 Å². The first-order chi connectivity index (χ1) is 9.60. The Labute approximate surface area is 120 Å². The number of methoxy groups -OCH3 is 1. The van der Waals surface area contributed by atoms with Gasteiger partial charge in [0.05, 0.1) is 19.1 Å². The molecule has 1 heterocycles. The van der Waals surface area contributed by atoms with Crippen LogP contribution in [0.4, 0.5) is 0 Å². The molecule has 2 N–H and O–H groups in total. The molecule has 1 saturated heterocycles. The summed E-state index contributed by atoms with van der Waals surface area (Å²) >= 11 is 0. The third-order valence-electron chi connectivity index (χ3n) is 3.92. The van der Waals surface area contributed by atoms with Crippen LogP contribution in [0.1, 0.15) is 31.9 Å². The molecule has 2 rings (SSSR count). The van der Waals surface area contributed by atoms with Gasteiger partial charge in [0.15, 0.2) is 0 Å². The number of amides is 1. The van der Waals surface area contributed by atoms with E-state index in [4.69, 9.17) is 4.74 Å². The second-order valence-corrected chi connectivity index (χ2v) is 5.70. The molecule has 4 heteroatoms. The Morgan fingerprint density at radius 3 is 2.65 bits per heavy atom. The highest BCUT2D eigenvalue weighted by Gasteiger charge is 2.25. The number of benzene rings is 1. The van der Waals surface area contributed by atoms with E-state index in [0.29, 0.717) is 5.92 Å². The largest absolute Gasteiger partial charge is 0.497 e. The van der Waals surface area contributed by atoms with Crippen LogP contribution in [0.25, 0.3) is 0 Å². The van der Waals surface area contributed by atoms with Crippen molar-refractivity contribution in [1.82, 2.24) is 10.6 Å². The van der Waals surface area contributed by atoms with E-state index in [2.05, 4.69) is 17.6 Å². The van der Waals surface area contributed by atoms with Gasteiger partial charge in [-0.05, 0) is 43.5 Å². The fraction of sp³-hybridized carbons (Fsp3) is 0.562. The van der Waals surface area contributed by atoms with Crippen molar-refractivity contribution < 1.29 is 9.53 Å². The summed E-state index contributed by atoms with van der Waals surface area (Å²) in [5.74, 6) is 1.63. The van der Waals surface area contributed by atoms with E-state index in [0.717, 1.165) is 30.8 Å². The number of hydrogen-bond donors (Lipinski definition) is 2. The molecule has 1 aromatic rings. The van der Waals surface area contributed by atoms with Crippen LogP contribution in [0.15, 0.2) is 24.3 Å². The summed E-state index contributed by atoms with van der Waals surface area (Å²) in [6, 6.07) is 7.84. The van der Waals surface area contributed by atoms with Crippen molar-refractivity contribution in [2.24, 2.45) is 11.8 Å². The van der Waals surface area contributed by atoms with Crippen LogP contribution in [0.3, 0.4) is 0 Å². The highest BCUT2D eigenvalue weighted by molar-refractivity contribution is 5.79. The SMILES string of the molecule is COc1ccc(C(C)NC(=O)C2CNCC(C)C2)cc1. The minimum Gasteiger partial charge on any atom is -0.497 e. The van der Waals surface area contributed by atoms with Crippen LogP contribution in [0, 0.1) is 11.8 Å². The maximum atomic E-state index is 12.3. The van der Waals surface area contributed by atoms with Gasteiger partial charge in [0.2, 0.25) is 5.91 Å². The Kier molecular flexibility index (Phi) is 5.01. The predicted octanol–water partition coefficient (Wildman–Crippen LogP) is 2.12. The summed E-state index contributed by atoms with van der Waals surface area (Å²) in [5, 5.41) is 6.42.